The highest BCUT2D eigenvalue weighted by Gasteiger charge is 2.11. The van der Waals surface area contributed by atoms with Crippen LogP contribution < -0.4 is 16.4 Å². The van der Waals surface area contributed by atoms with E-state index in [2.05, 4.69) is 20.6 Å². The minimum Gasteiger partial charge on any atom is -0.393 e. The van der Waals surface area contributed by atoms with Gasteiger partial charge in [0.1, 0.15) is 23.6 Å². The van der Waals surface area contributed by atoms with Gasteiger partial charge >= 0.3 is 0 Å². The summed E-state index contributed by atoms with van der Waals surface area (Å²) < 4.78 is 26.7. The first-order valence-electron chi connectivity index (χ1n) is 6.78. The molecule has 7 heteroatoms. The zero-order valence-electron chi connectivity index (χ0n) is 11.9. The van der Waals surface area contributed by atoms with Gasteiger partial charge in [0.25, 0.3) is 0 Å². The number of hydrogen-bond donors (Lipinski definition) is 3. The van der Waals surface area contributed by atoms with Crippen LogP contribution in [-0.2, 0) is 0 Å². The number of para-hydroxylation sites is 1. The van der Waals surface area contributed by atoms with Crippen LogP contribution in [0.15, 0.2) is 54.9 Å². The van der Waals surface area contributed by atoms with Crippen molar-refractivity contribution in [3.05, 3.63) is 66.5 Å². The number of rotatable bonds is 4. The van der Waals surface area contributed by atoms with Gasteiger partial charge in [0.2, 0.25) is 0 Å². The molecule has 4 N–H and O–H groups in total. The van der Waals surface area contributed by atoms with E-state index >= 15 is 0 Å². The summed E-state index contributed by atoms with van der Waals surface area (Å²) in [5, 5.41) is 5.79. The summed E-state index contributed by atoms with van der Waals surface area (Å²) in [7, 11) is 0. The van der Waals surface area contributed by atoms with Gasteiger partial charge in [-0.1, -0.05) is 18.2 Å². The molecule has 116 valence electrons. The molecular weight excluding hydrogens is 300 g/mol. The van der Waals surface area contributed by atoms with Gasteiger partial charge in [-0.2, -0.15) is 0 Å². The lowest BCUT2D eigenvalue weighted by molar-refractivity contribution is 0.586. The molecule has 0 fully saturated rings. The molecule has 3 rings (SSSR count). The molecule has 0 amide bonds. The van der Waals surface area contributed by atoms with Crippen LogP contribution in [0.3, 0.4) is 0 Å². The van der Waals surface area contributed by atoms with Crippen LogP contribution in [0.4, 0.5) is 37.5 Å². The summed E-state index contributed by atoms with van der Waals surface area (Å²) in [6.07, 6.45) is 1.30. The van der Waals surface area contributed by atoms with Crippen molar-refractivity contribution >= 4 is 28.7 Å². The number of halogens is 2. The topological polar surface area (TPSA) is 75.9 Å². The number of aromatic nitrogens is 2. The van der Waals surface area contributed by atoms with Crippen molar-refractivity contribution < 1.29 is 8.78 Å². The molecule has 0 spiro atoms. The van der Waals surface area contributed by atoms with Crippen molar-refractivity contribution in [1.29, 1.82) is 0 Å². The third-order valence-corrected chi connectivity index (χ3v) is 3.10. The van der Waals surface area contributed by atoms with Crippen LogP contribution in [0.5, 0.6) is 0 Å². The van der Waals surface area contributed by atoms with E-state index in [0.717, 1.165) is 17.8 Å². The Morgan fingerprint density at radius 2 is 1.57 bits per heavy atom. The smallest absolute Gasteiger partial charge is 0.159 e. The van der Waals surface area contributed by atoms with E-state index in [4.69, 9.17) is 5.73 Å². The second kappa shape index (κ2) is 6.27. The minimum absolute atomic E-state index is 0.0717. The van der Waals surface area contributed by atoms with Gasteiger partial charge in [-0.15, -0.1) is 0 Å². The summed E-state index contributed by atoms with van der Waals surface area (Å²) in [6, 6.07) is 12.5. The van der Waals surface area contributed by atoms with Crippen molar-refractivity contribution in [2.45, 2.75) is 0 Å². The fraction of sp³-hybridized carbons (Fsp3) is 0. The molecule has 0 atom stereocenters. The predicted octanol–water partition coefficient (Wildman–Crippen LogP) is 3.82. The van der Waals surface area contributed by atoms with Crippen molar-refractivity contribution in [1.82, 2.24) is 9.97 Å². The Bertz CT molecular complexity index is 824. The van der Waals surface area contributed by atoms with Crippen LogP contribution in [0.25, 0.3) is 0 Å². The number of nitrogens with one attached hydrogen (secondary N) is 2. The number of nitrogens with zero attached hydrogens (tertiary/aromatic N) is 2. The molecule has 2 aromatic carbocycles. The Morgan fingerprint density at radius 1 is 0.870 bits per heavy atom. The number of anilines is 5. The van der Waals surface area contributed by atoms with Crippen molar-refractivity contribution in [3.63, 3.8) is 0 Å². The van der Waals surface area contributed by atoms with Crippen molar-refractivity contribution in [2.24, 2.45) is 0 Å². The maximum Gasteiger partial charge on any atom is 0.159 e. The van der Waals surface area contributed by atoms with Crippen LogP contribution in [0.1, 0.15) is 0 Å². The van der Waals surface area contributed by atoms with Gasteiger partial charge in [-0.05, 0) is 24.3 Å². The quantitative estimate of drug-likeness (QED) is 0.682. The monoisotopic (exact) mass is 313 g/mol. The lowest BCUT2D eigenvalue weighted by atomic mass is 10.3. The predicted molar refractivity (Wildman–Crippen MR) is 85.8 cm³/mol. The van der Waals surface area contributed by atoms with Gasteiger partial charge in [0.15, 0.2) is 11.6 Å². The average Bonchev–Trinajstić information content (AvgIpc) is 2.54. The van der Waals surface area contributed by atoms with Crippen LogP contribution in [0.2, 0.25) is 0 Å². The average molecular weight is 313 g/mol. The van der Waals surface area contributed by atoms with E-state index in [9.17, 15) is 8.78 Å². The molecule has 0 saturated carbocycles. The largest absolute Gasteiger partial charge is 0.393 e. The Morgan fingerprint density at radius 3 is 2.26 bits per heavy atom. The molecule has 5 nitrogen and oxygen atoms in total. The summed E-state index contributed by atoms with van der Waals surface area (Å²) in [4.78, 5) is 8.06. The highest BCUT2D eigenvalue weighted by atomic mass is 19.1. The van der Waals surface area contributed by atoms with Crippen molar-refractivity contribution in [2.75, 3.05) is 16.4 Å². The number of hydrogen-bond acceptors (Lipinski definition) is 5. The Labute approximate surface area is 131 Å². The molecule has 0 aliphatic rings. The van der Waals surface area contributed by atoms with E-state index in [0.29, 0.717) is 5.82 Å². The standard InChI is InChI=1S/C16H13F2N5/c17-10-6-7-13(12(18)8-10)23-16-14(19)15(20-9-21-16)22-11-4-2-1-3-5-11/h1-9H,19H2,(H2,20,21,22,23). The molecule has 0 bridgehead atoms. The molecule has 23 heavy (non-hydrogen) atoms. The van der Waals surface area contributed by atoms with Crippen molar-refractivity contribution in [3.8, 4) is 0 Å². The molecule has 0 saturated heterocycles. The summed E-state index contributed by atoms with van der Waals surface area (Å²) in [6.45, 7) is 0. The zero-order valence-corrected chi connectivity index (χ0v) is 11.9. The van der Waals surface area contributed by atoms with Gasteiger partial charge < -0.3 is 16.4 Å². The molecule has 1 heterocycles. The molecule has 0 radical (unpaired) electrons. The van der Waals surface area contributed by atoms with Crippen LogP contribution in [-0.4, -0.2) is 9.97 Å². The Hall–Kier alpha value is -3.22. The highest BCUT2D eigenvalue weighted by Crippen LogP contribution is 2.28. The summed E-state index contributed by atoms with van der Waals surface area (Å²) >= 11 is 0. The van der Waals surface area contributed by atoms with E-state index in [1.165, 1.54) is 12.4 Å². The first-order chi connectivity index (χ1) is 11.1. The van der Waals surface area contributed by atoms with Gasteiger partial charge in [-0.25, -0.2) is 18.7 Å². The lowest BCUT2D eigenvalue weighted by Gasteiger charge is -2.13. The molecule has 3 aromatic rings. The second-order valence-electron chi connectivity index (χ2n) is 4.72. The Kier molecular flexibility index (Phi) is 4.01. The fourth-order valence-electron chi connectivity index (χ4n) is 1.97. The van der Waals surface area contributed by atoms with Crippen LogP contribution >= 0.6 is 0 Å². The number of benzene rings is 2. The molecule has 0 aliphatic heterocycles. The minimum atomic E-state index is -0.736. The maximum absolute atomic E-state index is 13.7. The number of nitrogen functional groups attached to an aromatic ring is 1. The lowest BCUT2D eigenvalue weighted by Crippen LogP contribution is -2.06. The van der Waals surface area contributed by atoms with E-state index in [-0.39, 0.29) is 17.2 Å². The molecule has 0 unspecified atom stereocenters. The SMILES string of the molecule is Nc1c(Nc2ccccc2)ncnc1Nc1ccc(F)cc1F. The van der Waals surface area contributed by atoms with E-state index in [1.807, 2.05) is 30.3 Å². The first kappa shape index (κ1) is 14.7. The summed E-state index contributed by atoms with van der Waals surface area (Å²) in [5.74, 6) is -0.782. The van der Waals surface area contributed by atoms with E-state index < -0.39 is 11.6 Å². The van der Waals surface area contributed by atoms with Gasteiger partial charge in [-0.3, -0.25) is 0 Å². The second-order valence-corrected chi connectivity index (χ2v) is 4.72. The third-order valence-electron chi connectivity index (χ3n) is 3.10. The highest BCUT2D eigenvalue weighted by molar-refractivity contribution is 5.80. The van der Waals surface area contributed by atoms with Gasteiger partial charge in [0, 0.05) is 11.8 Å². The molecule has 0 aliphatic carbocycles. The fourth-order valence-corrected chi connectivity index (χ4v) is 1.97. The van der Waals surface area contributed by atoms with Gasteiger partial charge in [0.05, 0.1) is 5.69 Å². The molecular formula is C16H13F2N5. The Balaban J connectivity index is 1.87. The third kappa shape index (κ3) is 3.34. The summed E-state index contributed by atoms with van der Waals surface area (Å²) in [5.41, 5.74) is 7.11. The zero-order chi connectivity index (χ0) is 16.2. The van der Waals surface area contributed by atoms with E-state index in [1.54, 1.807) is 0 Å². The number of nitrogens with two attached hydrogens (primary N) is 1. The first-order valence-corrected chi connectivity index (χ1v) is 6.78. The van der Waals surface area contributed by atoms with Crippen LogP contribution in [0, 0.1) is 11.6 Å². The molecule has 1 aromatic heterocycles. The normalized spacial score (nSPS) is 10.3. The maximum atomic E-state index is 13.7.